The number of phenols is 1. The first-order valence-corrected chi connectivity index (χ1v) is 6.67. The molecule has 1 heterocycles. The molecule has 1 aliphatic heterocycles. The predicted molar refractivity (Wildman–Crippen MR) is 80.7 cm³/mol. The summed E-state index contributed by atoms with van der Waals surface area (Å²) in [5.41, 5.74) is 8.24. The molecule has 4 N–H and O–H groups in total. The molecule has 0 spiro atoms. The average Bonchev–Trinajstić information content (AvgIpc) is 2.94. The molecule has 3 rings (SSSR count). The molecule has 22 heavy (non-hydrogen) atoms. The van der Waals surface area contributed by atoms with Crippen LogP contribution in [-0.4, -0.2) is 28.0 Å². The number of benzene rings is 2. The minimum atomic E-state index is -1.09. The highest BCUT2D eigenvalue weighted by molar-refractivity contribution is 6.08. The van der Waals surface area contributed by atoms with Gasteiger partial charge >= 0.3 is 5.97 Å². The van der Waals surface area contributed by atoms with Crippen LogP contribution >= 0.6 is 0 Å². The number of aliphatic carboxylic acids is 1. The molecular weight excluding hydrogens is 284 g/mol. The molecule has 112 valence electrons. The SMILES string of the molecule is Nc1ccc(C2C(c3ccc(O)cc3)=NOC2C(=O)O)cc1. The van der Waals surface area contributed by atoms with Crippen molar-refractivity contribution in [2.24, 2.45) is 5.16 Å². The first kappa shape index (κ1) is 13.9. The molecule has 6 heteroatoms. The van der Waals surface area contributed by atoms with Gasteiger partial charge in [-0.15, -0.1) is 0 Å². The maximum Gasteiger partial charge on any atom is 0.348 e. The van der Waals surface area contributed by atoms with Crippen LogP contribution < -0.4 is 5.73 Å². The van der Waals surface area contributed by atoms with E-state index in [0.717, 1.165) is 5.56 Å². The van der Waals surface area contributed by atoms with Crippen LogP contribution in [0.4, 0.5) is 5.69 Å². The number of rotatable bonds is 3. The summed E-state index contributed by atoms with van der Waals surface area (Å²) >= 11 is 0. The van der Waals surface area contributed by atoms with Gasteiger partial charge in [0.15, 0.2) is 0 Å². The summed E-state index contributed by atoms with van der Waals surface area (Å²) < 4.78 is 0. The number of carboxylic acid groups (broad SMARTS) is 1. The van der Waals surface area contributed by atoms with Gasteiger partial charge in [-0.3, -0.25) is 0 Å². The Balaban J connectivity index is 2.03. The quantitative estimate of drug-likeness (QED) is 0.751. The van der Waals surface area contributed by atoms with Crippen LogP contribution in [0.3, 0.4) is 0 Å². The number of hydrogen-bond donors (Lipinski definition) is 3. The minimum Gasteiger partial charge on any atom is -0.508 e. The van der Waals surface area contributed by atoms with Gasteiger partial charge in [-0.05, 0) is 42.0 Å². The number of nitrogens with two attached hydrogens (primary N) is 1. The van der Waals surface area contributed by atoms with Gasteiger partial charge in [0.05, 0.1) is 11.6 Å². The van der Waals surface area contributed by atoms with Crippen molar-refractivity contribution in [3.63, 3.8) is 0 Å². The number of anilines is 1. The molecule has 0 aromatic heterocycles. The molecule has 2 aromatic carbocycles. The van der Waals surface area contributed by atoms with E-state index in [-0.39, 0.29) is 5.75 Å². The summed E-state index contributed by atoms with van der Waals surface area (Å²) in [6.45, 7) is 0. The zero-order valence-corrected chi connectivity index (χ0v) is 11.5. The fraction of sp³-hybridized carbons (Fsp3) is 0.125. The van der Waals surface area contributed by atoms with Gasteiger partial charge < -0.3 is 20.8 Å². The van der Waals surface area contributed by atoms with Gasteiger partial charge in [0.2, 0.25) is 6.10 Å². The standard InChI is InChI=1S/C16H14N2O4/c17-11-5-1-9(2-6-11)13-14(18-22-15(13)16(20)21)10-3-7-12(19)8-4-10/h1-8,13,15,19H,17H2,(H,20,21). The third kappa shape index (κ3) is 2.46. The molecule has 1 aliphatic rings. The van der Waals surface area contributed by atoms with E-state index in [0.29, 0.717) is 17.0 Å². The zero-order chi connectivity index (χ0) is 15.7. The van der Waals surface area contributed by atoms with Gasteiger partial charge in [0, 0.05) is 11.3 Å². The maximum absolute atomic E-state index is 11.4. The summed E-state index contributed by atoms with van der Waals surface area (Å²) in [7, 11) is 0. The monoisotopic (exact) mass is 298 g/mol. The highest BCUT2D eigenvalue weighted by Gasteiger charge is 2.41. The average molecular weight is 298 g/mol. The van der Waals surface area contributed by atoms with Gasteiger partial charge in [0.25, 0.3) is 0 Å². The lowest BCUT2D eigenvalue weighted by Crippen LogP contribution is -2.29. The Bertz CT molecular complexity index is 723. The second kappa shape index (κ2) is 5.40. The lowest BCUT2D eigenvalue weighted by Gasteiger charge is -2.16. The molecule has 0 amide bonds. The molecule has 0 saturated heterocycles. The molecule has 2 unspecified atom stereocenters. The van der Waals surface area contributed by atoms with Crippen molar-refractivity contribution in [2.45, 2.75) is 12.0 Å². The van der Waals surface area contributed by atoms with Gasteiger partial charge in [-0.2, -0.15) is 0 Å². The van der Waals surface area contributed by atoms with Crippen LogP contribution in [0.1, 0.15) is 17.0 Å². The normalized spacial score (nSPS) is 20.3. The highest BCUT2D eigenvalue weighted by atomic mass is 16.7. The van der Waals surface area contributed by atoms with Crippen LogP contribution in [0.5, 0.6) is 5.75 Å². The van der Waals surface area contributed by atoms with Crippen LogP contribution in [-0.2, 0) is 9.63 Å². The zero-order valence-electron chi connectivity index (χ0n) is 11.5. The number of carboxylic acids is 1. The first-order valence-electron chi connectivity index (χ1n) is 6.67. The van der Waals surface area contributed by atoms with E-state index in [4.69, 9.17) is 10.6 Å². The smallest absolute Gasteiger partial charge is 0.348 e. The number of aromatic hydroxyl groups is 1. The van der Waals surface area contributed by atoms with E-state index < -0.39 is 18.0 Å². The number of phenolic OH excluding ortho intramolecular Hbond substituents is 1. The molecule has 6 nitrogen and oxygen atoms in total. The van der Waals surface area contributed by atoms with E-state index in [1.54, 1.807) is 36.4 Å². The minimum absolute atomic E-state index is 0.127. The van der Waals surface area contributed by atoms with Gasteiger partial charge in [-0.1, -0.05) is 17.3 Å². The molecule has 0 bridgehead atoms. The third-order valence-electron chi connectivity index (χ3n) is 3.56. The van der Waals surface area contributed by atoms with Gasteiger partial charge in [-0.25, -0.2) is 4.79 Å². The molecular formula is C16H14N2O4. The van der Waals surface area contributed by atoms with E-state index in [2.05, 4.69) is 5.16 Å². The highest BCUT2D eigenvalue weighted by Crippen LogP contribution is 2.33. The molecule has 0 saturated carbocycles. The fourth-order valence-corrected chi connectivity index (χ4v) is 2.46. The van der Waals surface area contributed by atoms with E-state index in [1.807, 2.05) is 0 Å². The Morgan fingerprint density at radius 3 is 2.32 bits per heavy atom. The van der Waals surface area contributed by atoms with Crippen molar-refractivity contribution in [1.29, 1.82) is 0 Å². The second-order valence-electron chi connectivity index (χ2n) is 5.03. The summed E-state index contributed by atoms with van der Waals surface area (Å²) in [6.07, 6.45) is -1.09. The first-order chi connectivity index (χ1) is 10.6. The predicted octanol–water partition coefficient (Wildman–Crippen LogP) is 1.95. The van der Waals surface area contributed by atoms with Crippen molar-refractivity contribution < 1.29 is 19.8 Å². The van der Waals surface area contributed by atoms with Gasteiger partial charge in [0.1, 0.15) is 5.75 Å². The van der Waals surface area contributed by atoms with Crippen molar-refractivity contribution >= 4 is 17.4 Å². The molecule has 2 atom stereocenters. The fourth-order valence-electron chi connectivity index (χ4n) is 2.46. The van der Waals surface area contributed by atoms with Crippen molar-refractivity contribution in [3.8, 4) is 5.75 Å². The third-order valence-corrected chi connectivity index (χ3v) is 3.56. The van der Waals surface area contributed by atoms with Crippen molar-refractivity contribution in [3.05, 3.63) is 59.7 Å². The van der Waals surface area contributed by atoms with Crippen LogP contribution in [0.2, 0.25) is 0 Å². The second-order valence-corrected chi connectivity index (χ2v) is 5.03. The van der Waals surface area contributed by atoms with Crippen LogP contribution in [0.25, 0.3) is 0 Å². The number of hydrogen-bond acceptors (Lipinski definition) is 5. The number of nitrogen functional groups attached to an aromatic ring is 1. The Hall–Kier alpha value is -3.02. The lowest BCUT2D eigenvalue weighted by atomic mass is 9.86. The Kier molecular flexibility index (Phi) is 3.42. The molecule has 2 aromatic rings. The van der Waals surface area contributed by atoms with Crippen LogP contribution in [0, 0.1) is 0 Å². The maximum atomic E-state index is 11.4. The van der Waals surface area contributed by atoms with E-state index in [1.165, 1.54) is 12.1 Å². The number of nitrogens with zero attached hydrogens (tertiary/aromatic N) is 1. The van der Waals surface area contributed by atoms with E-state index in [9.17, 15) is 15.0 Å². The summed E-state index contributed by atoms with van der Waals surface area (Å²) in [5, 5.41) is 22.7. The van der Waals surface area contributed by atoms with Crippen LogP contribution in [0.15, 0.2) is 53.7 Å². The largest absolute Gasteiger partial charge is 0.508 e. The summed E-state index contributed by atoms with van der Waals surface area (Å²) in [5.74, 6) is -1.50. The van der Waals surface area contributed by atoms with E-state index >= 15 is 0 Å². The molecule has 0 fully saturated rings. The Labute approximate surface area is 126 Å². The van der Waals surface area contributed by atoms with Crippen molar-refractivity contribution in [2.75, 3.05) is 5.73 Å². The van der Waals surface area contributed by atoms with Crippen molar-refractivity contribution in [1.82, 2.24) is 0 Å². The number of carbonyl (C=O) groups is 1. The Morgan fingerprint density at radius 2 is 1.73 bits per heavy atom. The summed E-state index contributed by atoms with van der Waals surface area (Å²) in [6, 6.07) is 13.3. The molecule has 0 aliphatic carbocycles. The number of oxime groups is 1. The molecule has 0 radical (unpaired) electrons. The summed E-state index contributed by atoms with van der Waals surface area (Å²) in [4.78, 5) is 16.5. The topological polar surface area (TPSA) is 105 Å². The lowest BCUT2D eigenvalue weighted by molar-refractivity contribution is -0.149. The Morgan fingerprint density at radius 1 is 1.09 bits per heavy atom.